The number of para-hydroxylation sites is 1. The van der Waals surface area contributed by atoms with E-state index in [0.717, 1.165) is 22.2 Å². The molecule has 7 heteroatoms. The van der Waals surface area contributed by atoms with Crippen LogP contribution in [0.1, 0.15) is 16.8 Å². The minimum atomic E-state index is -0.557. The molecule has 2 aliphatic heterocycles. The smallest absolute Gasteiger partial charge is 0.266 e. The largest absolute Gasteiger partial charge is 0.357 e. The highest BCUT2D eigenvalue weighted by atomic mass is 19.1. The molecule has 0 radical (unpaired) electrons. The first-order valence-corrected chi connectivity index (χ1v) is 9.09. The van der Waals surface area contributed by atoms with Gasteiger partial charge in [0, 0.05) is 23.0 Å². The highest BCUT2D eigenvalue weighted by molar-refractivity contribution is 5.97. The molecular weight excluding hydrogens is 359 g/mol. The van der Waals surface area contributed by atoms with Gasteiger partial charge in [0.05, 0.1) is 12.8 Å². The Morgan fingerprint density at radius 2 is 1.86 bits per heavy atom. The van der Waals surface area contributed by atoms with Crippen LogP contribution in [0.3, 0.4) is 0 Å². The van der Waals surface area contributed by atoms with Crippen LogP contribution >= 0.6 is 0 Å². The normalized spacial score (nSPS) is 19.4. The zero-order valence-corrected chi connectivity index (χ0v) is 14.9. The lowest BCUT2D eigenvalue weighted by Crippen LogP contribution is -2.60. The lowest BCUT2D eigenvalue weighted by atomic mass is 9.94. The summed E-state index contributed by atoms with van der Waals surface area (Å²) in [7, 11) is 0. The van der Waals surface area contributed by atoms with Crippen LogP contribution in [-0.4, -0.2) is 45.5 Å². The van der Waals surface area contributed by atoms with Gasteiger partial charge in [-0.15, -0.1) is 0 Å². The van der Waals surface area contributed by atoms with Crippen molar-refractivity contribution >= 4 is 28.9 Å². The number of fused-ring (bicyclic) bond motifs is 4. The molecular formula is C21H17FN4O2. The highest BCUT2D eigenvalue weighted by Gasteiger charge is 2.43. The summed E-state index contributed by atoms with van der Waals surface area (Å²) in [5.74, 6) is -0.673. The molecule has 0 unspecified atom stereocenters. The number of hydrogen-bond donors (Lipinski definition) is 1. The summed E-state index contributed by atoms with van der Waals surface area (Å²) in [6.45, 7) is 0.303. The Bertz CT molecular complexity index is 1120. The second kappa shape index (κ2) is 6.30. The van der Waals surface area contributed by atoms with E-state index in [1.807, 2.05) is 24.3 Å². The van der Waals surface area contributed by atoms with Crippen LogP contribution in [0, 0.1) is 5.82 Å². The van der Waals surface area contributed by atoms with E-state index < -0.39 is 6.04 Å². The Morgan fingerprint density at radius 3 is 2.68 bits per heavy atom. The van der Waals surface area contributed by atoms with Crippen LogP contribution in [0.15, 0.2) is 53.6 Å². The number of rotatable bonds is 2. The van der Waals surface area contributed by atoms with E-state index in [4.69, 9.17) is 0 Å². The van der Waals surface area contributed by atoms with Gasteiger partial charge in [-0.1, -0.05) is 30.3 Å². The number of carbonyl (C=O) groups is 2. The number of aromatic amines is 1. The summed E-state index contributed by atoms with van der Waals surface area (Å²) in [6.07, 6.45) is 1.94. The first kappa shape index (κ1) is 16.7. The van der Waals surface area contributed by atoms with Crippen molar-refractivity contribution in [2.75, 3.05) is 6.54 Å². The maximum absolute atomic E-state index is 13.0. The molecule has 1 aromatic heterocycles. The van der Waals surface area contributed by atoms with E-state index in [1.54, 1.807) is 17.0 Å². The maximum atomic E-state index is 13.0. The van der Waals surface area contributed by atoms with Crippen LogP contribution in [0.25, 0.3) is 10.9 Å². The first-order valence-electron chi connectivity index (χ1n) is 9.09. The maximum Gasteiger partial charge on any atom is 0.266 e. The third kappa shape index (κ3) is 2.67. The molecule has 2 amide bonds. The van der Waals surface area contributed by atoms with Crippen LogP contribution in [0.2, 0.25) is 0 Å². The third-order valence-corrected chi connectivity index (χ3v) is 5.37. The summed E-state index contributed by atoms with van der Waals surface area (Å²) in [4.78, 5) is 30.7. The molecule has 5 rings (SSSR count). The summed E-state index contributed by atoms with van der Waals surface area (Å²) >= 11 is 0. The number of H-pyrrole nitrogens is 1. The molecule has 140 valence electrons. The number of carbonyl (C=O) groups excluding carboxylic acids is 2. The molecule has 1 fully saturated rings. The van der Waals surface area contributed by atoms with Gasteiger partial charge in [-0.3, -0.25) is 9.59 Å². The lowest BCUT2D eigenvalue weighted by Gasteiger charge is -2.40. The summed E-state index contributed by atoms with van der Waals surface area (Å²) in [5.41, 5.74) is 3.74. The zero-order valence-electron chi connectivity index (χ0n) is 14.9. The van der Waals surface area contributed by atoms with Gasteiger partial charge >= 0.3 is 0 Å². The van der Waals surface area contributed by atoms with Crippen molar-refractivity contribution in [1.82, 2.24) is 14.9 Å². The van der Waals surface area contributed by atoms with Gasteiger partial charge < -0.3 is 9.88 Å². The molecule has 3 aromatic rings. The molecule has 1 saturated heterocycles. The Kier molecular flexibility index (Phi) is 3.75. The van der Waals surface area contributed by atoms with Crippen molar-refractivity contribution in [1.29, 1.82) is 0 Å². The SMILES string of the molecule is O=C1[C@H]2Cc3c([nH]c4ccccc34)CN2C(=O)CN1N=Cc1ccc(F)cc1. The number of piperazine rings is 1. The van der Waals surface area contributed by atoms with Crippen molar-refractivity contribution in [3.05, 3.63) is 71.2 Å². The van der Waals surface area contributed by atoms with E-state index in [2.05, 4.69) is 10.1 Å². The van der Waals surface area contributed by atoms with E-state index in [0.29, 0.717) is 18.5 Å². The molecule has 28 heavy (non-hydrogen) atoms. The van der Waals surface area contributed by atoms with Crippen molar-refractivity contribution in [3.63, 3.8) is 0 Å². The first-order chi connectivity index (χ1) is 13.6. The Balaban J connectivity index is 1.44. The summed E-state index contributed by atoms with van der Waals surface area (Å²) in [5, 5.41) is 6.49. The molecule has 1 N–H and O–H groups in total. The van der Waals surface area contributed by atoms with Crippen molar-refractivity contribution in [2.24, 2.45) is 5.10 Å². The number of hydrazone groups is 1. The minimum Gasteiger partial charge on any atom is -0.357 e. The summed E-state index contributed by atoms with van der Waals surface area (Å²) < 4.78 is 13.0. The van der Waals surface area contributed by atoms with Gasteiger partial charge in [-0.25, -0.2) is 9.40 Å². The van der Waals surface area contributed by atoms with Crippen LogP contribution in [0.5, 0.6) is 0 Å². The molecule has 0 bridgehead atoms. The molecule has 2 aliphatic rings. The molecule has 3 heterocycles. The molecule has 6 nitrogen and oxygen atoms in total. The fourth-order valence-electron chi connectivity index (χ4n) is 3.94. The van der Waals surface area contributed by atoms with E-state index in [1.165, 1.54) is 23.4 Å². The Labute approximate surface area is 160 Å². The topological polar surface area (TPSA) is 68.8 Å². The average Bonchev–Trinajstić information content (AvgIpc) is 3.07. The number of benzene rings is 2. The number of amides is 2. The van der Waals surface area contributed by atoms with Gasteiger partial charge in [0.1, 0.15) is 18.4 Å². The van der Waals surface area contributed by atoms with Crippen molar-refractivity contribution in [3.8, 4) is 0 Å². The second-order valence-electron chi connectivity index (χ2n) is 7.06. The Morgan fingerprint density at radius 1 is 1.07 bits per heavy atom. The number of hydrogen-bond acceptors (Lipinski definition) is 3. The number of aromatic nitrogens is 1. The number of nitrogens with one attached hydrogen (secondary N) is 1. The fourth-order valence-corrected chi connectivity index (χ4v) is 3.94. The average molecular weight is 376 g/mol. The fraction of sp³-hybridized carbons (Fsp3) is 0.190. The standard InChI is InChI=1S/C21H17FN4O2/c22-14-7-5-13(6-8-14)10-23-26-12-20(27)25-11-18-16(9-19(25)21(26)28)15-3-1-2-4-17(15)24-18/h1-8,10,19,24H,9,11-12H2/t19-/m1/s1. The highest BCUT2D eigenvalue weighted by Crippen LogP contribution is 2.32. The third-order valence-electron chi connectivity index (χ3n) is 5.37. The van der Waals surface area contributed by atoms with Gasteiger partial charge in [0.15, 0.2) is 0 Å². The summed E-state index contributed by atoms with van der Waals surface area (Å²) in [6, 6.07) is 13.2. The van der Waals surface area contributed by atoms with Crippen LogP contribution in [0.4, 0.5) is 4.39 Å². The van der Waals surface area contributed by atoms with Crippen LogP contribution in [-0.2, 0) is 22.6 Å². The van der Waals surface area contributed by atoms with Gasteiger partial charge in [-0.2, -0.15) is 5.10 Å². The van der Waals surface area contributed by atoms with E-state index >= 15 is 0 Å². The molecule has 0 spiro atoms. The molecule has 1 atom stereocenters. The predicted octanol–water partition coefficient (Wildman–Crippen LogP) is 2.44. The Hall–Kier alpha value is -3.48. The van der Waals surface area contributed by atoms with Gasteiger partial charge in [0.25, 0.3) is 5.91 Å². The quantitative estimate of drug-likeness (QED) is 0.698. The van der Waals surface area contributed by atoms with E-state index in [9.17, 15) is 14.0 Å². The number of nitrogens with zero attached hydrogens (tertiary/aromatic N) is 3. The van der Waals surface area contributed by atoms with Gasteiger partial charge in [0.2, 0.25) is 5.91 Å². The monoisotopic (exact) mass is 376 g/mol. The van der Waals surface area contributed by atoms with Gasteiger partial charge in [-0.05, 0) is 29.3 Å². The van der Waals surface area contributed by atoms with Crippen LogP contribution < -0.4 is 0 Å². The molecule has 0 saturated carbocycles. The second-order valence-corrected chi connectivity index (χ2v) is 7.06. The number of halogens is 1. The zero-order chi connectivity index (χ0) is 19.3. The molecule has 0 aliphatic carbocycles. The minimum absolute atomic E-state index is 0.0947. The predicted molar refractivity (Wildman–Crippen MR) is 102 cm³/mol. The van der Waals surface area contributed by atoms with E-state index in [-0.39, 0.29) is 24.2 Å². The molecule has 2 aromatic carbocycles. The lowest BCUT2D eigenvalue weighted by molar-refractivity contribution is -0.157. The van der Waals surface area contributed by atoms with Crippen molar-refractivity contribution < 1.29 is 14.0 Å². The van der Waals surface area contributed by atoms with Crippen molar-refractivity contribution in [2.45, 2.75) is 19.0 Å².